The highest BCUT2D eigenvalue weighted by atomic mass is 16.1. The van der Waals surface area contributed by atoms with Crippen LogP contribution in [0.3, 0.4) is 0 Å². The van der Waals surface area contributed by atoms with Gasteiger partial charge in [0.2, 0.25) is 18.1 Å². The first kappa shape index (κ1) is 17.4. The molecule has 9 nitrogen and oxygen atoms in total. The lowest BCUT2D eigenvalue weighted by molar-refractivity contribution is -0.115. The van der Waals surface area contributed by atoms with Crippen LogP contribution in [0, 0.1) is 0 Å². The van der Waals surface area contributed by atoms with E-state index in [9.17, 15) is 9.59 Å². The average Bonchev–Trinajstić information content (AvgIpc) is 3.26. The Morgan fingerprint density at radius 1 is 1.21 bits per heavy atom. The van der Waals surface area contributed by atoms with E-state index >= 15 is 0 Å². The summed E-state index contributed by atoms with van der Waals surface area (Å²) in [6, 6.07) is 14.9. The fraction of sp³-hybridized carbons (Fsp3) is 0.105. The number of H-pyrrole nitrogens is 1. The molecule has 0 saturated carbocycles. The van der Waals surface area contributed by atoms with Crippen LogP contribution in [-0.2, 0) is 23.1 Å². The molecule has 140 valence electrons. The van der Waals surface area contributed by atoms with Gasteiger partial charge in [-0.2, -0.15) is 4.80 Å². The van der Waals surface area contributed by atoms with E-state index in [1.807, 2.05) is 48.5 Å². The van der Waals surface area contributed by atoms with Crippen molar-refractivity contribution in [3.63, 3.8) is 0 Å². The Morgan fingerprint density at radius 2 is 2.04 bits per heavy atom. The summed E-state index contributed by atoms with van der Waals surface area (Å²) in [6.07, 6.45) is 0.805. The molecule has 0 radical (unpaired) electrons. The lowest BCUT2D eigenvalue weighted by Crippen LogP contribution is -2.15. The van der Waals surface area contributed by atoms with Crippen LogP contribution in [0.1, 0.15) is 5.56 Å². The van der Waals surface area contributed by atoms with Crippen LogP contribution in [0.15, 0.2) is 48.5 Å². The molecule has 2 amide bonds. The molecule has 4 aromatic rings. The number of fused-ring (bicyclic) bond motifs is 1. The van der Waals surface area contributed by atoms with E-state index < -0.39 is 0 Å². The monoisotopic (exact) mass is 375 g/mol. The zero-order valence-corrected chi connectivity index (χ0v) is 15.0. The van der Waals surface area contributed by atoms with E-state index in [1.54, 1.807) is 7.05 Å². The summed E-state index contributed by atoms with van der Waals surface area (Å²) in [6.45, 7) is 0. The van der Waals surface area contributed by atoms with Gasteiger partial charge in [0, 0.05) is 16.5 Å². The molecular formula is C19H17N7O2. The lowest BCUT2D eigenvalue weighted by atomic mass is 10.1. The Morgan fingerprint density at radius 3 is 2.75 bits per heavy atom. The number of aromatic nitrogens is 5. The first-order valence-electron chi connectivity index (χ1n) is 8.58. The highest BCUT2D eigenvalue weighted by Crippen LogP contribution is 2.33. The molecule has 28 heavy (non-hydrogen) atoms. The summed E-state index contributed by atoms with van der Waals surface area (Å²) in [5, 5.41) is 18.3. The molecule has 0 aliphatic heterocycles. The highest BCUT2D eigenvalue weighted by Gasteiger charge is 2.15. The van der Waals surface area contributed by atoms with Crippen molar-refractivity contribution in [2.75, 3.05) is 10.6 Å². The molecule has 9 heteroatoms. The van der Waals surface area contributed by atoms with Crippen molar-refractivity contribution in [3.05, 3.63) is 54.1 Å². The van der Waals surface area contributed by atoms with Crippen LogP contribution in [-0.4, -0.2) is 37.5 Å². The topological polar surface area (TPSA) is 118 Å². The van der Waals surface area contributed by atoms with E-state index in [4.69, 9.17) is 0 Å². The Labute approximate surface area is 159 Å². The number of tetrazole rings is 1. The number of nitrogens with one attached hydrogen (secondary N) is 3. The summed E-state index contributed by atoms with van der Waals surface area (Å²) in [5.74, 6) is 0.716. The number of carbonyl (C=O) groups excluding carboxylic acids is 2. The predicted octanol–water partition coefficient (Wildman–Crippen LogP) is 2.11. The summed E-state index contributed by atoms with van der Waals surface area (Å²) >= 11 is 0. The summed E-state index contributed by atoms with van der Waals surface area (Å²) < 4.78 is 0. The van der Waals surface area contributed by atoms with E-state index in [2.05, 4.69) is 31.0 Å². The fourth-order valence-corrected chi connectivity index (χ4v) is 3.00. The number of benzene rings is 2. The molecule has 4 rings (SSSR count). The van der Waals surface area contributed by atoms with Crippen molar-refractivity contribution in [1.82, 2.24) is 25.2 Å². The Kier molecular flexibility index (Phi) is 4.55. The maximum absolute atomic E-state index is 12.4. The predicted molar refractivity (Wildman–Crippen MR) is 105 cm³/mol. The molecule has 2 aromatic heterocycles. The van der Waals surface area contributed by atoms with Crippen molar-refractivity contribution >= 4 is 34.7 Å². The van der Waals surface area contributed by atoms with Gasteiger partial charge in [-0.25, -0.2) is 0 Å². The SMILES string of the molecule is Cn1nnc(-c2ccc3c(NC=O)c(NC(=O)Cc4ccccc4)[nH]c3c2)n1. The van der Waals surface area contributed by atoms with Crippen LogP contribution in [0.25, 0.3) is 22.3 Å². The van der Waals surface area contributed by atoms with Crippen LogP contribution >= 0.6 is 0 Å². The number of anilines is 2. The van der Waals surface area contributed by atoms with Crippen molar-refractivity contribution in [2.24, 2.45) is 7.05 Å². The van der Waals surface area contributed by atoms with Gasteiger partial charge in [0.25, 0.3) is 0 Å². The number of nitrogens with zero attached hydrogens (tertiary/aromatic N) is 4. The molecule has 0 fully saturated rings. The van der Waals surface area contributed by atoms with Crippen LogP contribution in [0.2, 0.25) is 0 Å². The zero-order chi connectivity index (χ0) is 19.5. The second-order valence-electron chi connectivity index (χ2n) is 6.21. The van der Waals surface area contributed by atoms with Gasteiger partial charge in [0.05, 0.1) is 19.2 Å². The molecule has 3 N–H and O–H groups in total. The van der Waals surface area contributed by atoms with Gasteiger partial charge in [0.1, 0.15) is 5.82 Å². The molecule has 2 heterocycles. The third-order valence-electron chi connectivity index (χ3n) is 4.24. The minimum Gasteiger partial charge on any atom is -0.339 e. The van der Waals surface area contributed by atoms with Gasteiger partial charge in [-0.3, -0.25) is 9.59 Å². The maximum atomic E-state index is 12.4. The van der Waals surface area contributed by atoms with Gasteiger partial charge in [0.15, 0.2) is 0 Å². The van der Waals surface area contributed by atoms with Gasteiger partial charge in [-0.1, -0.05) is 36.4 Å². The largest absolute Gasteiger partial charge is 0.339 e. The molecule has 0 aliphatic carbocycles. The van der Waals surface area contributed by atoms with E-state index in [0.717, 1.165) is 22.0 Å². The molecule has 2 aromatic carbocycles. The quantitative estimate of drug-likeness (QED) is 0.446. The molecule has 0 saturated heterocycles. The number of hydrogen-bond acceptors (Lipinski definition) is 5. The number of carbonyl (C=O) groups is 2. The summed E-state index contributed by atoms with van der Waals surface area (Å²) in [4.78, 5) is 28.0. The Balaban J connectivity index is 1.65. The van der Waals surface area contributed by atoms with Gasteiger partial charge in [-0.15, -0.1) is 10.2 Å². The van der Waals surface area contributed by atoms with E-state index in [-0.39, 0.29) is 12.3 Å². The minimum absolute atomic E-state index is 0.192. The number of hydrogen-bond donors (Lipinski definition) is 3. The summed E-state index contributed by atoms with van der Waals surface area (Å²) in [7, 11) is 1.69. The Bertz CT molecular complexity index is 1150. The van der Waals surface area contributed by atoms with Gasteiger partial charge >= 0.3 is 0 Å². The van der Waals surface area contributed by atoms with Crippen molar-refractivity contribution < 1.29 is 9.59 Å². The second-order valence-corrected chi connectivity index (χ2v) is 6.21. The normalized spacial score (nSPS) is 10.8. The smallest absolute Gasteiger partial charge is 0.229 e. The van der Waals surface area contributed by atoms with Crippen LogP contribution in [0.5, 0.6) is 0 Å². The third kappa shape index (κ3) is 3.45. The number of rotatable bonds is 6. The zero-order valence-electron chi connectivity index (χ0n) is 15.0. The van der Waals surface area contributed by atoms with Gasteiger partial charge < -0.3 is 15.6 Å². The standard InChI is InChI=1S/C19H17N7O2/c1-26-24-18(23-25-26)13-7-8-14-15(10-13)21-19(17(14)20-11-27)22-16(28)9-12-5-3-2-4-6-12/h2-8,10-11,21H,9H2,1H3,(H,20,27)(H,22,28). The molecule has 0 aliphatic rings. The number of aryl methyl sites for hydroxylation is 1. The first-order chi connectivity index (χ1) is 13.6. The number of aromatic amines is 1. The summed E-state index contributed by atoms with van der Waals surface area (Å²) in [5.41, 5.74) is 2.90. The number of amides is 2. The highest BCUT2D eigenvalue weighted by molar-refractivity contribution is 6.07. The molecule has 0 bridgehead atoms. The van der Waals surface area contributed by atoms with Crippen molar-refractivity contribution in [1.29, 1.82) is 0 Å². The third-order valence-corrected chi connectivity index (χ3v) is 4.24. The average molecular weight is 375 g/mol. The lowest BCUT2D eigenvalue weighted by Gasteiger charge is -2.06. The van der Waals surface area contributed by atoms with E-state index in [0.29, 0.717) is 23.7 Å². The fourth-order valence-electron chi connectivity index (χ4n) is 3.00. The van der Waals surface area contributed by atoms with Crippen molar-refractivity contribution in [3.8, 4) is 11.4 Å². The molecule has 0 unspecified atom stereocenters. The second kappa shape index (κ2) is 7.31. The minimum atomic E-state index is -0.192. The Hall–Kier alpha value is -4.01. The molecule has 0 spiro atoms. The van der Waals surface area contributed by atoms with Crippen LogP contribution < -0.4 is 10.6 Å². The maximum Gasteiger partial charge on any atom is 0.229 e. The molecular weight excluding hydrogens is 358 g/mol. The van der Waals surface area contributed by atoms with Gasteiger partial charge in [-0.05, 0) is 22.9 Å². The van der Waals surface area contributed by atoms with E-state index in [1.165, 1.54) is 4.80 Å². The first-order valence-corrected chi connectivity index (χ1v) is 8.58. The molecule has 0 atom stereocenters. The van der Waals surface area contributed by atoms with Crippen LogP contribution in [0.4, 0.5) is 11.5 Å². The van der Waals surface area contributed by atoms with Crippen molar-refractivity contribution in [2.45, 2.75) is 6.42 Å².